The maximum atomic E-state index is 12.6. The summed E-state index contributed by atoms with van der Waals surface area (Å²) in [6.45, 7) is 0. The summed E-state index contributed by atoms with van der Waals surface area (Å²) in [6, 6.07) is 26.8. The molecule has 0 aliphatic heterocycles. The molecule has 2 atom stereocenters. The summed E-state index contributed by atoms with van der Waals surface area (Å²) >= 11 is 0. The van der Waals surface area contributed by atoms with Crippen molar-refractivity contribution in [2.75, 3.05) is 0 Å². The van der Waals surface area contributed by atoms with Crippen molar-refractivity contribution in [2.24, 2.45) is 11.5 Å². The molecule has 4 aromatic rings. The molecule has 4 N–H and O–H groups in total. The van der Waals surface area contributed by atoms with Crippen molar-refractivity contribution < 1.29 is 9.59 Å². The van der Waals surface area contributed by atoms with Gasteiger partial charge in [-0.3, -0.25) is 9.59 Å². The lowest BCUT2D eigenvalue weighted by Crippen LogP contribution is -2.34. The molecule has 2 unspecified atom stereocenters. The molecule has 28 heavy (non-hydrogen) atoms. The van der Waals surface area contributed by atoms with Crippen LogP contribution in [0, 0.1) is 0 Å². The van der Waals surface area contributed by atoms with Gasteiger partial charge in [-0.05, 0) is 32.7 Å². The minimum absolute atomic E-state index is 0.576. The van der Waals surface area contributed by atoms with Crippen LogP contribution in [0.3, 0.4) is 0 Å². The molecule has 0 saturated carbocycles. The topological polar surface area (TPSA) is 86.2 Å². The van der Waals surface area contributed by atoms with Crippen molar-refractivity contribution >= 4 is 33.4 Å². The molecule has 4 nitrogen and oxygen atoms in total. The zero-order chi connectivity index (χ0) is 19.7. The molecule has 4 heteroatoms. The molecule has 0 bridgehead atoms. The Balaban J connectivity index is 1.99. The molecular formula is C24H20N2O2. The molecule has 4 rings (SSSR count). The van der Waals surface area contributed by atoms with Crippen molar-refractivity contribution in [3.63, 3.8) is 0 Å². The number of amides is 2. The van der Waals surface area contributed by atoms with Crippen LogP contribution in [-0.2, 0) is 9.59 Å². The summed E-state index contributed by atoms with van der Waals surface area (Å²) in [4.78, 5) is 25.2. The Bertz CT molecular complexity index is 1090. The van der Waals surface area contributed by atoms with E-state index in [0.29, 0.717) is 11.1 Å². The van der Waals surface area contributed by atoms with Crippen LogP contribution in [0.4, 0.5) is 0 Å². The Morgan fingerprint density at radius 1 is 0.536 bits per heavy atom. The van der Waals surface area contributed by atoms with Gasteiger partial charge in [0.05, 0.1) is 11.8 Å². The number of hydrogen-bond donors (Lipinski definition) is 2. The third-order valence-electron chi connectivity index (χ3n) is 5.26. The molecule has 2 amide bonds. The van der Waals surface area contributed by atoms with E-state index in [1.54, 1.807) is 0 Å². The zero-order valence-electron chi connectivity index (χ0n) is 15.2. The molecule has 0 aromatic heterocycles. The third kappa shape index (κ3) is 2.99. The number of fused-ring (bicyclic) bond motifs is 2. The van der Waals surface area contributed by atoms with Gasteiger partial charge in [0.25, 0.3) is 0 Å². The quantitative estimate of drug-likeness (QED) is 0.561. The third-order valence-corrected chi connectivity index (χ3v) is 5.26. The highest BCUT2D eigenvalue weighted by atomic mass is 16.2. The maximum Gasteiger partial charge on any atom is 0.226 e. The van der Waals surface area contributed by atoms with Gasteiger partial charge in [0.2, 0.25) is 11.8 Å². The Morgan fingerprint density at radius 2 is 0.893 bits per heavy atom. The first-order valence-corrected chi connectivity index (χ1v) is 9.12. The summed E-state index contributed by atoms with van der Waals surface area (Å²) in [5.41, 5.74) is 13.1. The monoisotopic (exact) mass is 368 g/mol. The molecular weight excluding hydrogens is 348 g/mol. The summed E-state index contributed by atoms with van der Waals surface area (Å²) < 4.78 is 0. The molecule has 4 aromatic carbocycles. The smallest absolute Gasteiger partial charge is 0.226 e. The predicted molar refractivity (Wildman–Crippen MR) is 112 cm³/mol. The predicted octanol–water partition coefficient (Wildman–Crippen LogP) is 3.83. The van der Waals surface area contributed by atoms with Gasteiger partial charge in [-0.2, -0.15) is 0 Å². The van der Waals surface area contributed by atoms with Gasteiger partial charge in [-0.15, -0.1) is 0 Å². The standard InChI is InChI=1S/C24H20N2O2/c25-23(27)21(19-13-5-9-15-7-1-3-11-17(15)19)22(24(26)28)20-14-6-10-16-8-2-4-12-18(16)20/h1-14,21-22H,(H2,25,27)(H2,26,28). The Hall–Kier alpha value is -3.66. The normalized spacial score (nSPS) is 13.3. The minimum atomic E-state index is -0.866. The first kappa shape index (κ1) is 17.7. The van der Waals surface area contributed by atoms with Crippen LogP contribution >= 0.6 is 0 Å². The zero-order valence-corrected chi connectivity index (χ0v) is 15.2. The fourth-order valence-electron chi connectivity index (χ4n) is 4.04. The van der Waals surface area contributed by atoms with Crippen LogP contribution in [0.25, 0.3) is 21.5 Å². The molecule has 0 aliphatic rings. The van der Waals surface area contributed by atoms with E-state index in [1.807, 2.05) is 84.9 Å². The summed E-state index contributed by atoms with van der Waals surface area (Å²) in [5.74, 6) is -2.88. The van der Waals surface area contributed by atoms with Crippen LogP contribution < -0.4 is 11.5 Å². The maximum absolute atomic E-state index is 12.6. The number of benzene rings is 4. The number of carbonyl (C=O) groups excluding carboxylic acids is 2. The van der Waals surface area contributed by atoms with Crippen molar-refractivity contribution in [1.82, 2.24) is 0 Å². The lowest BCUT2D eigenvalue weighted by molar-refractivity contribution is -0.126. The molecule has 0 spiro atoms. The summed E-state index contributed by atoms with van der Waals surface area (Å²) in [7, 11) is 0. The molecule has 0 fully saturated rings. The van der Waals surface area contributed by atoms with Gasteiger partial charge < -0.3 is 11.5 Å². The second-order valence-corrected chi connectivity index (χ2v) is 6.90. The summed E-state index contributed by atoms with van der Waals surface area (Å²) in [5, 5.41) is 3.74. The van der Waals surface area contributed by atoms with Crippen LogP contribution in [-0.4, -0.2) is 11.8 Å². The largest absolute Gasteiger partial charge is 0.369 e. The van der Waals surface area contributed by atoms with E-state index in [1.165, 1.54) is 0 Å². The van der Waals surface area contributed by atoms with E-state index >= 15 is 0 Å². The second kappa shape index (κ2) is 7.16. The molecule has 0 aliphatic carbocycles. The van der Waals surface area contributed by atoms with Crippen LogP contribution in [0.2, 0.25) is 0 Å². The fraction of sp³-hybridized carbons (Fsp3) is 0.0833. The Labute approximate surface area is 162 Å². The van der Waals surface area contributed by atoms with Gasteiger partial charge in [-0.1, -0.05) is 84.9 Å². The first-order chi connectivity index (χ1) is 13.6. The van der Waals surface area contributed by atoms with E-state index in [2.05, 4.69) is 0 Å². The molecule has 0 heterocycles. The van der Waals surface area contributed by atoms with E-state index in [9.17, 15) is 9.59 Å². The highest BCUT2D eigenvalue weighted by molar-refractivity contribution is 6.00. The molecule has 0 radical (unpaired) electrons. The highest BCUT2D eigenvalue weighted by Gasteiger charge is 2.35. The lowest BCUT2D eigenvalue weighted by atomic mass is 9.77. The fourth-order valence-corrected chi connectivity index (χ4v) is 4.04. The number of hydrogen-bond acceptors (Lipinski definition) is 2. The van der Waals surface area contributed by atoms with Crippen molar-refractivity contribution in [1.29, 1.82) is 0 Å². The number of rotatable bonds is 5. The number of nitrogens with two attached hydrogens (primary N) is 2. The number of primary amides is 2. The van der Waals surface area contributed by atoms with Gasteiger partial charge >= 0.3 is 0 Å². The van der Waals surface area contributed by atoms with Crippen molar-refractivity contribution in [3.8, 4) is 0 Å². The van der Waals surface area contributed by atoms with E-state index in [-0.39, 0.29) is 0 Å². The second-order valence-electron chi connectivity index (χ2n) is 6.90. The van der Waals surface area contributed by atoms with Crippen LogP contribution in [0.1, 0.15) is 23.0 Å². The van der Waals surface area contributed by atoms with Crippen LogP contribution in [0.15, 0.2) is 84.9 Å². The Kier molecular flexibility index (Phi) is 4.53. The van der Waals surface area contributed by atoms with Crippen molar-refractivity contribution in [2.45, 2.75) is 11.8 Å². The summed E-state index contributed by atoms with van der Waals surface area (Å²) in [6.07, 6.45) is 0. The first-order valence-electron chi connectivity index (χ1n) is 9.12. The van der Waals surface area contributed by atoms with Crippen molar-refractivity contribution in [3.05, 3.63) is 96.1 Å². The molecule has 0 saturated heterocycles. The van der Waals surface area contributed by atoms with Gasteiger partial charge in [0, 0.05) is 0 Å². The van der Waals surface area contributed by atoms with Gasteiger partial charge in [-0.25, -0.2) is 0 Å². The van der Waals surface area contributed by atoms with Gasteiger partial charge in [0.15, 0.2) is 0 Å². The minimum Gasteiger partial charge on any atom is -0.369 e. The molecule has 138 valence electrons. The average molecular weight is 368 g/mol. The number of carbonyl (C=O) groups is 2. The van der Waals surface area contributed by atoms with E-state index in [4.69, 9.17) is 11.5 Å². The lowest BCUT2D eigenvalue weighted by Gasteiger charge is -2.25. The average Bonchev–Trinajstić information content (AvgIpc) is 2.71. The van der Waals surface area contributed by atoms with Gasteiger partial charge in [0.1, 0.15) is 0 Å². The van der Waals surface area contributed by atoms with E-state index < -0.39 is 23.7 Å². The van der Waals surface area contributed by atoms with E-state index in [0.717, 1.165) is 21.5 Å². The highest BCUT2D eigenvalue weighted by Crippen LogP contribution is 2.39. The van der Waals surface area contributed by atoms with Crippen LogP contribution in [0.5, 0.6) is 0 Å². The Morgan fingerprint density at radius 3 is 1.29 bits per heavy atom. The SMILES string of the molecule is NC(=O)C(c1cccc2ccccc12)C(C(N)=O)c1cccc2ccccc12.